The van der Waals surface area contributed by atoms with E-state index in [1.54, 1.807) is 0 Å². The normalized spacial score (nSPS) is 9.40. The smallest absolute Gasteiger partial charge is 0.296 e. The molecule has 56 valence electrons. The molecule has 0 aliphatic rings. The number of carbonyl (C=O) groups is 2. The van der Waals surface area contributed by atoms with Gasteiger partial charge in [0.15, 0.2) is 0 Å². The fourth-order valence-electron chi connectivity index (χ4n) is 0.197. The third-order valence-corrected chi connectivity index (χ3v) is 0.535. The second-order valence-electron chi connectivity index (χ2n) is 1.15. The molecule has 0 spiro atoms. The molecule has 0 saturated heterocycles. The maximum Gasteiger partial charge on any atom is 0.365 e. The lowest BCUT2D eigenvalue weighted by Crippen LogP contribution is -1.99. The molecule has 6 heteroatoms. The highest BCUT2D eigenvalue weighted by Gasteiger charge is 1.97. The standard InChI is InChI=1S/C4H4O6/c5-3(9-7)1-2-4(6)10-8/h1-2,7-8H/b2-1+. The van der Waals surface area contributed by atoms with E-state index < -0.39 is 11.9 Å². The van der Waals surface area contributed by atoms with Crippen LogP contribution in [0.25, 0.3) is 0 Å². The van der Waals surface area contributed by atoms with Gasteiger partial charge >= 0.3 is 11.9 Å². The van der Waals surface area contributed by atoms with Gasteiger partial charge in [0.2, 0.25) is 0 Å². The number of rotatable bonds is 2. The van der Waals surface area contributed by atoms with Crippen molar-refractivity contribution >= 4 is 11.9 Å². The van der Waals surface area contributed by atoms with Gasteiger partial charge in [-0.05, 0) is 0 Å². The third kappa shape index (κ3) is 3.58. The van der Waals surface area contributed by atoms with Gasteiger partial charge in [-0.2, -0.15) is 10.5 Å². The zero-order valence-corrected chi connectivity index (χ0v) is 4.68. The van der Waals surface area contributed by atoms with Crippen LogP contribution in [0.5, 0.6) is 0 Å². The van der Waals surface area contributed by atoms with Crippen LogP contribution < -0.4 is 0 Å². The molecule has 0 aromatic heterocycles. The van der Waals surface area contributed by atoms with Crippen LogP contribution in [0.3, 0.4) is 0 Å². The van der Waals surface area contributed by atoms with Crippen LogP contribution in [0.2, 0.25) is 0 Å². The summed E-state index contributed by atoms with van der Waals surface area (Å²) in [5, 5.41) is 15.2. The Kier molecular flexibility index (Phi) is 3.85. The van der Waals surface area contributed by atoms with Crippen molar-refractivity contribution in [3.05, 3.63) is 12.2 Å². The molecular formula is C4H4O6. The van der Waals surface area contributed by atoms with E-state index in [0.29, 0.717) is 12.2 Å². The molecule has 10 heavy (non-hydrogen) atoms. The van der Waals surface area contributed by atoms with Crippen molar-refractivity contribution in [1.29, 1.82) is 0 Å². The van der Waals surface area contributed by atoms with E-state index in [2.05, 4.69) is 9.78 Å². The van der Waals surface area contributed by atoms with Crippen LogP contribution in [0.15, 0.2) is 12.2 Å². The quantitative estimate of drug-likeness (QED) is 0.313. The minimum absolute atomic E-state index is 0.582. The monoisotopic (exact) mass is 148 g/mol. The van der Waals surface area contributed by atoms with Crippen molar-refractivity contribution in [2.75, 3.05) is 0 Å². The van der Waals surface area contributed by atoms with Gasteiger partial charge < -0.3 is 0 Å². The van der Waals surface area contributed by atoms with Gasteiger partial charge in [-0.25, -0.2) is 9.59 Å². The average Bonchev–Trinajstić information content (AvgIpc) is 1.99. The zero-order valence-electron chi connectivity index (χ0n) is 4.68. The number of hydrogen-bond donors (Lipinski definition) is 2. The Morgan fingerprint density at radius 2 is 1.30 bits per heavy atom. The summed E-state index contributed by atoms with van der Waals surface area (Å²) in [5.74, 6) is -2.27. The van der Waals surface area contributed by atoms with Crippen molar-refractivity contribution in [3.63, 3.8) is 0 Å². The van der Waals surface area contributed by atoms with Gasteiger partial charge in [-0.3, -0.25) is 9.78 Å². The minimum atomic E-state index is -1.13. The second kappa shape index (κ2) is 4.48. The third-order valence-electron chi connectivity index (χ3n) is 0.535. The van der Waals surface area contributed by atoms with Gasteiger partial charge in [0.25, 0.3) is 0 Å². The lowest BCUT2D eigenvalue weighted by molar-refractivity contribution is -0.230. The van der Waals surface area contributed by atoms with Crippen LogP contribution in [0, 0.1) is 0 Å². The Bertz CT molecular complexity index is 141. The molecule has 0 radical (unpaired) electrons. The van der Waals surface area contributed by atoms with Gasteiger partial charge in [-0.15, -0.1) is 0 Å². The summed E-state index contributed by atoms with van der Waals surface area (Å²) >= 11 is 0. The number of carbonyl (C=O) groups excluding carboxylic acids is 2. The SMILES string of the molecule is O=C(/C=C/C(=O)OO)OO. The highest BCUT2D eigenvalue weighted by molar-refractivity contribution is 5.91. The van der Waals surface area contributed by atoms with Crippen LogP contribution in [-0.4, -0.2) is 22.5 Å². The maximum absolute atomic E-state index is 9.98. The van der Waals surface area contributed by atoms with E-state index in [-0.39, 0.29) is 0 Å². The Labute approximate surface area is 55.1 Å². The van der Waals surface area contributed by atoms with Crippen LogP contribution in [0.1, 0.15) is 0 Å². The van der Waals surface area contributed by atoms with E-state index in [1.807, 2.05) is 0 Å². The van der Waals surface area contributed by atoms with E-state index in [9.17, 15) is 9.59 Å². The van der Waals surface area contributed by atoms with Crippen molar-refractivity contribution in [2.24, 2.45) is 0 Å². The molecule has 0 aromatic rings. The zero-order chi connectivity index (χ0) is 7.98. The molecule has 0 saturated carbocycles. The molecule has 0 unspecified atom stereocenters. The molecule has 2 N–H and O–H groups in total. The molecule has 0 fully saturated rings. The summed E-state index contributed by atoms with van der Waals surface area (Å²) in [4.78, 5) is 26.2. The summed E-state index contributed by atoms with van der Waals surface area (Å²) in [6.07, 6.45) is 1.16. The number of hydrogen-bond acceptors (Lipinski definition) is 6. The second-order valence-corrected chi connectivity index (χ2v) is 1.15. The molecule has 6 nitrogen and oxygen atoms in total. The first-order valence-corrected chi connectivity index (χ1v) is 2.09. The van der Waals surface area contributed by atoms with Crippen LogP contribution >= 0.6 is 0 Å². The first kappa shape index (κ1) is 8.60. The predicted molar refractivity (Wildman–Crippen MR) is 26.6 cm³/mol. The molecule has 0 amide bonds. The highest BCUT2D eigenvalue weighted by Crippen LogP contribution is 1.79. The van der Waals surface area contributed by atoms with E-state index >= 15 is 0 Å². The van der Waals surface area contributed by atoms with Crippen LogP contribution in [0.4, 0.5) is 0 Å². The Hall–Kier alpha value is -1.40. The van der Waals surface area contributed by atoms with E-state index in [4.69, 9.17) is 10.5 Å². The first-order valence-electron chi connectivity index (χ1n) is 2.09. The molecule has 0 atom stereocenters. The topological polar surface area (TPSA) is 93.1 Å². The van der Waals surface area contributed by atoms with Crippen LogP contribution in [-0.2, 0) is 19.4 Å². The average molecular weight is 148 g/mol. The molecular weight excluding hydrogens is 144 g/mol. The molecule has 0 aliphatic carbocycles. The molecule has 0 heterocycles. The summed E-state index contributed by atoms with van der Waals surface area (Å²) in [5.41, 5.74) is 0. The molecule has 0 aliphatic heterocycles. The Morgan fingerprint density at radius 3 is 1.50 bits per heavy atom. The maximum atomic E-state index is 9.98. The highest BCUT2D eigenvalue weighted by atomic mass is 17.1. The molecule has 0 rings (SSSR count). The molecule has 0 aromatic carbocycles. The van der Waals surface area contributed by atoms with Crippen molar-refractivity contribution in [2.45, 2.75) is 0 Å². The fraction of sp³-hybridized carbons (Fsp3) is 0. The van der Waals surface area contributed by atoms with Gasteiger partial charge in [0, 0.05) is 12.2 Å². The summed E-state index contributed by atoms with van der Waals surface area (Å²) in [6, 6.07) is 0. The van der Waals surface area contributed by atoms with E-state index in [1.165, 1.54) is 0 Å². The fourth-order valence-corrected chi connectivity index (χ4v) is 0.197. The minimum Gasteiger partial charge on any atom is -0.296 e. The summed E-state index contributed by atoms with van der Waals surface area (Å²) in [7, 11) is 0. The molecule has 0 bridgehead atoms. The van der Waals surface area contributed by atoms with Gasteiger partial charge in [-0.1, -0.05) is 0 Å². The predicted octanol–water partition coefficient (Wildman–Crippen LogP) is -0.425. The summed E-state index contributed by atoms with van der Waals surface area (Å²) in [6.45, 7) is 0. The largest absolute Gasteiger partial charge is 0.365 e. The van der Waals surface area contributed by atoms with Crippen molar-refractivity contribution < 1.29 is 29.9 Å². The lowest BCUT2D eigenvalue weighted by Gasteiger charge is -1.85. The summed E-state index contributed by atoms with van der Waals surface area (Å²) < 4.78 is 0. The Morgan fingerprint density at radius 1 is 1.00 bits per heavy atom. The first-order chi connectivity index (χ1) is 4.70. The van der Waals surface area contributed by atoms with Gasteiger partial charge in [0.05, 0.1) is 0 Å². The van der Waals surface area contributed by atoms with Gasteiger partial charge in [0.1, 0.15) is 0 Å². The van der Waals surface area contributed by atoms with Crippen molar-refractivity contribution in [1.82, 2.24) is 0 Å². The lowest BCUT2D eigenvalue weighted by atomic mass is 10.5. The van der Waals surface area contributed by atoms with E-state index in [0.717, 1.165) is 0 Å². The Balaban J connectivity index is 3.75. The van der Waals surface area contributed by atoms with Crippen molar-refractivity contribution in [3.8, 4) is 0 Å².